The average molecular weight is 227 g/mol. The summed E-state index contributed by atoms with van der Waals surface area (Å²) in [5, 5.41) is 2.91. The molecular formula is C11H18FN3O. The van der Waals surface area contributed by atoms with Crippen LogP contribution >= 0.6 is 0 Å². The lowest BCUT2D eigenvalue weighted by Gasteiger charge is -2.07. The van der Waals surface area contributed by atoms with Crippen molar-refractivity contribution in [2.75, 3.05) is 18.5 Å². The van der Waals surface area contributed by atoms with E-state index in [1.165, 1.54) is 0 Å². The first-order valence-electron chi connectivity index (χ1n) is 5.67. The van der Waals surface area contributed by atoms with Gasteiger partial charge in [-0.15, -0.1) is 0 Å². The molecule has 0 amide bonds. The van der Waals surface area contributed by atoms with Gasteiger partial charge in [0.05, 0.1) is 12.8 Å². The maximum absolute atomic E-state index is 13.2. The minimum Gasteiger partial charge on any atom is -0.475 e. The van der Waals surface area contributed by atoms with E-state index in [0.717, 1.165) is 25.5 Å². The lowest BCUT2D eigenvalue weighted by atomic mass is 10.3. The van der Waals surface area contributed by atoms with Crippen LogP contribution in [0.1, 0.15) is 33.1 Å². The van der Waals surface area contributed by atoms with Gasteiger partial charge in [0.1, 0.15) is 0 Å². The van der Waals surface area contributed by atoms with E-state index in [1.54, 1.807) is 0 Å². The summed E-state index contributed by atoms with van der Waals surface area (Å²) in [6.45, 7) is 5.22. The fourth-order valence-electron chi connectivity index (χ4n) is 1.22. The fourth-order valence-corrected chi connectivity index (χ4v) is 1.22. The van der Waals surface area contributed by atoms with Crippen LogP contribution in [-0.4, -0.2) is 23.1 Å². The van der Waals surface area contributed by atoms with Crippen molar-refractivity contribution in [3.63, 3.8) is 0 Å². The zero-order valence-electron chi connectivity index (χ0n) is 9.79. The number of aromatic nitrogens is 2. The predicted molar refractivity (Wildman–Crippen MR) is 61.2 cm³/mol. The molecule has 0 aliphatic heterocycles. The second kappa shape index (κ2) is 6.98. The monoisotopic (exact) mass is 227 g/mol. The van der Waals surface area contributed by atoms with Crippen molar-refractivity contribution in [3.8, 4) is 5.88 Å². The number of unbranched alkanes of at least 4 members (excludes halogenated alkanes) is 2. The SMILES string of the molecule is CCCCCOc1nc(NCC)ncc1F. The second-order valence-electron chi connectivity index (χ2n) is 3.43. The molecule has 1 rings (SSSR count). The lowest BCUT2D eigenvalue weighted by molar-refractivity contribution is 0.279. The summed E-state index contributed by atoms with van der Waals surface area (Å²) in [6, 6.07) is 0. The Hall–Kier alpha value is -1.39. The summed E-state index contributed by atoms with van der Waals surface area (Å²) in [5.74, 6) is -0.0883. The molecule has 0 aliphatic rings. The summed E-state index contributed by atoms with van der Waals surface area (Å²) in [4.78, 5) is 7.74. The minimum absolute atomic E-state index is 0.0297. The van der Waals surface area contributed by atoms with Gasteiger partial charge in [-0.05, 0) is 13.3 Å². The molecule has 0 aromatic carbocycles. The summed E-state index contributed by atoms with van der Waals surface area (Å²) in [6.07, 6.45) is 4.22. The predicted octanol–water partition coefficient (Wildman–Crippen LogP) is 2.62. The van der Waals surface area contributed by atoms with Crippen molar-refractivity contribution in [1.82, 2.24) is 9.97 Å². The molecule has 1 heterocycles. The molecule has 4 nitrogen and oxygen atoms in total. The molecule has 0 radical (unpaired) electrons. The van der Waals surface area contributed by atoms with Gasteiger partial charge in [-0.3, -0.25) is 0 Å². The Labute approximate surface area is 95.3 Å². The number of ether oxygens (including phenoxy) is 1. The molecule has 0 saturated carbocycles. The minimum atomic E-state index is -0.516. The highest BCUT2D eigenvalue weighted by Gasteiger charge is 2.07. The smallest absolute Gasteiger partial charge is 0.255 e. The van der Waals surface area contributed by atoms with Gasteiger partial charge >= 0.3 is 0 Å². The highest BCUT2D eigenvalue weighted by atomic mass is 19.1. The van der Waals surface area contributed by atoms with Crippen LogP contribution < -0.4 is 10.1 Å². The van der Waals surface area contributed by atoms with Crippen molar-refractivity contribution in [2.45, 2.75) is 33.1 Å². The van der Waals surface area contributed by atoms with E-state index >= 15 is 0 Å². The van der Waals surface area contributed by atoms with Crippen LogP contribution in [0.15, 0.2) is 6.20 Å². The summed E-state index contributed by atoms with van der Waals surface area (Å²) in [5.41, 5.74) is 0. The Balaban J connectivity index is 2.52. The molecule has 16 heavy (non-hydrogen) atoms. The van der Waals surface area contributed by atoms with Crippen molar-refractivity contribution in [1.29, 1.82) is 0 Å². The molecule has 90 valence electrons. The van der Waals surface area contributed by atoms with Crippen LogP contribution in [0.3, 0.4) is 0 Å². The van der Waals surface area contributed by atoms with Crippen LogP contribution in [-0.2, 0) is 0 Å². The first kappa shape index (κ1) is 12.7. The number of nitrogens with one attached hydrogen (secondary N) is 1. The van der Waals surface area contributed by atoms with Gasteiger partial charge in [0.2, 0.25) is 11.8 Å². The Morgan fingerprint density at radius 2 is 2.19 bits per heavy atom. The largest absolute Gasteiger partial charge is 0.475 e. The number of hydrogen-bond acceptors (Lipinski definition) is 4. The molecule has 1 N–H and O–H groups in total. The zero-order chi connectivity index (χ0) is 11.8. The first-order valence-corrected chi connectivity index (χ1v) is 5.67. The van der Waals surface area contributed by atoms with E-state index in [9.17, 15) is 4.39 Å². The van der Waals surface area contributed by atoms with Gasteiger partial charge in [0.25, 0.3) is 5.88 Å². The highest BCUT2D eigenvalue weighted by Crippen LogP contribution is 2.14. The van der Waals surface area contributed by atoms with Gasteiger partial charge in [0.15, 0.2) is 0 Å². The van der Waals surface area contributed by atoms with Gasteiger partial charge in [-0.2, -0.15) is 9.37 Å². The van der Waals surface area contributed by atoms with E-state index in [2.05, 4.69) is 22.2 Å². The number of anilines is 1. The molecule has 0 spiro atoms. The number of nitrogens with zero attached hydrogens (tertiary/aromatic N) is 2. The first-order chi connectivity index (χ1) is 7.77. The summed E-state index contributed by atoms with van der Waals surface area (Å²) < 4.78 is 18.5. The Morgan fingerprint density at radius 3 is 2.88 bits per heavy atom. The van der Waals surface area contributed by atoms with E-state index in [4.69, 9.17) is 4.74 Å². The third-order valence-corrected chi connectivity index (χ3v) is 2.03. The van der Waals surface area contributed by atoms with E-state index in [1.807, 2.05) is 6.92 Å². The van der Waals surface area contributed by atoms with Gasteiger partial charge in [-0.1, -0.05) is 19.8 Å². The van der Waals surface area contributed by atoms with Crippen LogP contribution in [0.2, 0.25) is 0 Å². The second-order valence-corrected chi connectivity index (χ2v) is 3.43. The number of hydrogen-bond donors (Lipinski definition) is 1. The van der Waals surface area contributed by atoms with Crippen molar-refractivity contribution >= 4 is 5.95 Å². The fraction of sp³-hybridized carbons (Fsp3) is 0.636. The molecule has 0 aliphatic carbocycles. The molecule has 0 bridgehead atoms. The average Bonchev–Trinajstić information content (AvgIpc) is 2.29. The normalized spacial score (nSPS) is 10.2. The highest BCUT2D eigenvalue weighted by molar-refractivity contribution is 5.27. The molecular weight excluding hydrogens is 209 g/mol. The van der Waals surface area contributed by atoms with Crippen LogP contribution in [0.25, 0.3) is 0 Å². The van der Waals surface area contributed by atoms with Crippen LogP contribution in [0, 0.1) is 5.82 Å². The standard InChI is InChI=1S/C11H18FN3O/c1-3-5-6-7-16-10-9(12)8-14-11(15-10)13-4-2/h8H,3-7H2,1-2H3,(H,13,14,15). The molecule has 0 saturated heterocycles. The van der Waals surface area contributed by atoms with Crippen LogP contribution in [0.4, 0.5) is 10.3 Å². The van der Waals surface area contributed by atoms with Crippen molar-refractivity contribution < 1.29 is 9.13 Å². The zero-order valence-corrected chi connectivity index (χ0v) is 9.79. The van der Waals surface area contributed by atoms with Crippen molar-refractivity contribution in [2.24, 2.45) is 0 Å². The number of halogens is 1. The summed E-state index contributed by atoms with van der Waals surface area (Å²) >= 11 is 0. The van der Waals surface area contributed by atoms with E-state index < -0.39 is 5.82 Å². The quantitative estimate of drug-likeness (QED) is 0.727. The number of rotatable bonds is 7. The Bertz CT molecular complexity index is 320. The molecule has 5 heteroatoms. The molecule has 1 aromatic rings. The van der Waals surface area contributed by atoms with E-state index in [0.29, 0.717) is 19.1 Å². The van der Waals surface area contributed by atoms with Gasteiger partial charge in [-0.25, -0.2) is 4.98 Å². The topological polar surface area (TPSA) is 47.0 Å². The molecule has 1 aromatic heterocycles. The summed E-state index contributed by atoms with van der Waals surface area (Å²) in [7, 11) is 0. The maximum atomic E-state index is 13.2. The molecule has 0 fully saturated rings. The Kier molecular flexibility index (Phi) is 5.53. The lowest BCUT2D eigenvalue weighted by Crippen LogP contribution is -2.06. The van der Waals surface area contributed by atoms with Crippen LogP contribution in [0.5, 0.6) is 5.88 Å². The maximum Gasteiger partial charge on any atom is 0.255 e. The molecule has 0 atom stereocenters. The third kappa shape index (κ3) is 4.00. The third-order valence-electron chi connectivity index (χ3n) is 2.03. The van der Waals surface area contributed by atoms with Crippen molar-refractivity contribution in [3.05, 3.63) is 12.0 Å². The Morgan fingerprint density at radius 1 is 1.38 bits per heavy atom. The van der Waals surface area contributed by atoms with Gasteiger partial charge < -0.3 is 10.1 Å². The van der Waals surface area contributed by atoms with E-state index in [-0.39, 0.29) is 5.88 Å². The molecule has 0 unspecified atom stereocenters. The van der Waals surface area contributed by atoms with Gasteiger partial charge in [0, 0.05) is 6.54 Å².